The van der Waals surface area contributed by atoms with Crippen LogP contribution in [-0.2, 0) is 0 Å². The van der Waals surface area contributed by atoms with Crippen LogP contribution >= 0.6 is 0 Å². The summed E-state index contributed by atoms with van der Waals surface area (Å²) in [6, 6.07) is 5.73. The number of benzene rings is 1. The average molecular weight is 232 g/mol. The molecule has 92 valence electrons. The third-order valence-electron chi connectivity index (χ3n) is 3.84. The second-order valence-corrected chi connectivity index (χ2v) is 4.97. The lowest BCUT2D eigenvalue weighted by molar-refractivity contribution is 0.0908. The predicted octanol–water partition coefficient (Wildman–Crippen LogP) is 2.50. The van der Waals surface area contributed by atoms with Crippen LogP contribution in [0.25, 0.3) is 0 Å². The van der Waals surface area contributed by atoms with Crippen molar-refractivity contribution >= 4 is 11.6 Å². The molecule has 2 rings (SSSR count). The number of rotatable bonds is 3. The molecule has 1 atom stereocenters. The quantitative estimate of drug-likeness (QED) is 0.787. The Hall–Kier alpha value is -1.51. The Bertz CT molecular complexity index is 424. The first-order valence-electron chi connectivity index (χ1n) is 6.25. The zero-order chi connectivity index (χ0) is 12.4. The van der Waals surface area contributed by atoms with Crippen molar-refractivity contribution in [2.45, 2.75) is 39.2 Å². The highest BCUT2D eigenvalue weighted by atomic mass is 16.1. The van der Waals surface area contributed by atoms with Crippen LogP contribution in [0.4, 0.5) is 5.69 Å². The summed E-state index contributed by atoms with van der Waals surface area (Å²) in [6.07, 6.45) is 3.76. The second-order valence-electron chi connectivity index (χ2n) is 4.97. The van der Waals surface area contributed by atoms with Gasteiger partial charge < -0.3 is 11.1 Å². The van der Waals surface area contributed by atoms with Crippen LogP contribution in [0.5, 0.6) is 0 Å². The molecule has 1 unspecified atom stereocenters. The first-order chi connectivity index (χ1) is 8.09. The molecular weight excluding hydrogens is 212 g/mol. The van der Waals surface area contributed by atoms with Gasteiger partial charge in [-0.05, 0) is 50.3 Å². The van der Waals surface area contributed by atoms with E-state index in [0.29, 0.717) is 17.2 Å². The van der Waals surface area contributed by atoms with Crippen LogP contribution < -0.4 is 11.1 Å². The van der Waals surface area contributed by atoms with Gasteiger partial charge in [0.15, 0.2) is 0 Å². The SMILES string of the molecule is Cc1c(N)cccc1C(=O)NC(C)C1CCC1. The van der Waals surface area contributed by atoms with E-state index in [1.165, 1.54) is 19.3 Å². The fraction of sp³-hybridized carbons (Fsp3) is 0.500. The molecule has 1 aromatic carbocycles. The van der Waals surface area contributed by atoms with Gasteiger partial charge in [0, 0.05) is 17.3 Å². The fourth-order valence-corrected chi connectivity index (χ4v) is 2.24. The highest BCUT2D eigenvalue weighted by molar-refractivity contribution is 5.97. The zero-order valence-corrected chi connectivity index (χ0v) is 10.5. The van der Waals surface area contributed by atoms with E-state index in [2.05, 4.69) is 12.2 Å². The van der Waals surface area contributed by atoms with Crippen molar-refractivity contribution in [3.05, 3.63) is 29.3 Å². The lowest BCUT2D eigenvalue weighted by atomic mass is 9.80. The van der Waals surface area contributed by atoms with Gasteiger partial charge in [0.1, 0.15) is 0 Å². The maximum atomic E-state index is 12.1. The number of anilines is 1. The summed E-state index contributed by atoms with van der Waals surface area (Å²) in [6.45, 7) is 3.97. The maximum Gasteiger partial charge on any atom is 0.251 e. The molecule has 0 aromatic heterocycles. The molecule has 0 spiro atoms. The summed E-state index contributed by atoms with van der Waals surface area (Å²) in [5, 5.41) is 3.07. The first-order valence-corrected chi connectivity index (χ1v) is 6.25. The zero-order valence-electron chi connectivity index (χ0n) is 10.5. The fourth-order valence-electron chi connectivity index (χ4n) is 2.24. The minimum absolute atomic E-state index is 0.00537. The van der Waals surface area contributed by atoms with Gasteiger partial charge in [-0.3, -0.25) is 4.79 Å². The molecule has 0 saturated heterocycles. The van der Waals surface area contributed by atoms with E-state index in [1.807, 2.05) is 25.1 Å². The van der Waals surface area contributed by atoms with Crippen molar-refractivity contribution < 1.29 is 4.79 Å². The number of nitrogens with one attached hydrogen (secondary N) is 1. The smallest absolute Gasteiger partial charge is 0.251 e. The summed E-state index contributed by atoms with van der Waals surface area (Å²) in [7, 11) is 0. The third-order valence-corrected chi connectivity index (χ3v) is 3.84. The summed E-state index contributed by atoms with van der Waals surface area (Å²) in [5.41, 5.74) is 8.04. The Morgan fingerprint density at radius 2 is 2.18 bits per heavy atom. The van der Waals surface area contributed by atoms with Crippen LogP contribution in [0.1, 0.15) is 42.1 Å². The van der Waals surface area contributed by atoms with Crippen molar-refractivity contribution in [3.8, 4) is 0 Å². The molecule has 17 heavy (non-hydrogen) atoms. The van der Waals surface area contributed by atoms with Gasteiger partial charge in [-0.1, -0.05) is 12.5 Å². The molecule has 1 fully saturated rings. The molecule has 3 heteroatoms. The van der Waals surface area contributed by atoms with Gasteiger partial charge in [0.2, 0.25) is 0 Å². The van der Waals surface area contributed by atoms with Gasteiger partial charge in [-0.2, -0.15) is 0 Å². The lowest BCUT2D eigenvalue weighted by Gasteiger charge is -2.32. The largest absolute Gasteiger partial charge is 0.398 e. The van der Waals surface area contributed by atoms with Crippen molar-refractivity contribution in [2.75, 3.05) is 5.73 Å². The molecule has 0 heterocycles. The van der Waals surface area contributed by atoms with E-state index in [4.69, 9.17) is 5.73 Å². The standard InChI is InChI=1S/C14H20N2O/c1-9-12(7-4-8-13(9)15)14(17)16-10(2)11-5-3-6-11/h4,7-8,10-11H,3,5-6,15H2,1-2H3,(H,16,17). The molecule has 3 nitrogen and oxygen atoms in total. The number of nitrogen functional groups attached to an aromatic ring is 1. The summed E-state index contributed by atoms with van der Waals surface area (Å²) in [5.74, 6) is 0.648. The molecule has 0 bridgehead atoms. The van der Waals surface area contributed by atoms with E-state index in [1.54, 1.807) is 0 Å². The van der Waals surface area contributed by atoms with E-state index < -0.39 is 0 Å². The third kappa shape index (κ3) is 2.43. The summed E-state index contributed by atoms with van der Waals surface area (Å²) < 4.78 is 0. The summed E-state index contributed by atoms with van der Waals surface area (Å²) >= 11 is 0. The normalized spacial score (nSPS) is 17.3. The van der Waals surface area contributed by atoms with E-state index in [0.717, 1.165) is 5.56 Å². The van der Waals surface area contributed by atoms with Crippen LogP contribution in [0.3, 0.4) is 0 Å². The number of hydrogen-bond acceptors (Lipinski definition) is 2. The summed E-state index contributed by atoms with van der Waals surface area (Å²) in [4.78, 5) is 12.1. The number of carbonyl (C=O) groups is 1. The topological polar surface area (TPSA) is 55.1 Å². The number of carbonyl (C=O) groups excluding carboxylic acids is 1. The molecule has 1 aliphatic carbocycles. The molecule has 1 amide bonds. The lowest BCUT2D eigenvalue weighted by Crippen LogP contribution is -2.40. The molecule has 0 radical (unpaired) electrons. The van der Waals surface area contributed by atoms with Gasteiger partial charge >= 0.3 is 0 Å². The first kappa shape index (κ1) is 12.0. The van der Waals surface area contributed by atoms with E-state index in [-0.39, 0.29) is 11.9 Å². The molecule has 1 saturated carbocycles. The highest BCUT2D eigenvalue weighted by Crippen LogP contribution is 2.29. The van der Waals surface area contributed by atoms with Crippen LogP contribution in [0.15, 0.2) is 18.2 Å². The van der Waals surface area contributed by atoms with Crippen LogP contribution in [-0.4, -0.2) is 11.9 Å². The number of hydrogen-bond donors (Lipinski definition) is 2. The molecule has 1 aliphatic rings. The van der Waals surface area contributed by atoms with Gasteiger partial charge in [-0.25, -0.2) is 0 Å². The monoisotopic (exact) mass is 232 g/mol. The Labute approximate surface area is 102 Å². The predicted molar refractivity (Wildman–Crippen MR) is 69.9 cm³/mol. The van der Waals surface area contributed by atoms with Crippen LogP contribution in [0.2, 0.25) is 0 Å². The Balaban J connectivity index is 2.06. The van der Waals surface area contributed by atoms with E-state index >= 15 is 0 Å². The van der Waals surface area contributed by atoms with Gasteiger partial charge in [-0.15, -0.1) is 0 Å². The number of amides is 1. The minimum atomic E-state index is -0.00537. The Kier molecular flexibility index (Phi) is 3.36. The highest BCUT2D eigenvalue weighted by Gasteiger charge is 2.25. The number of nitrogens with two attached hydrogens (primary N) is 1. The Morgan fingerprint density at radius 3 is 2.76 bits per heavy atom. The van der Waals surface area contributed by atoms with E-state index in [9.17, 15) is 4.79 Å². The average Bonchev–Trinajstić information content (AvgIpc) is 2.19. The van der Waals surface area contributed by atoms with Crippen molar-refractivity contribution in [2.24, 2.45) is 5.92 Å². The van der Waals surface area contributed by atoms with Crippen molar-refractivity contribution in [1.29, 1.82) is 0 Å². The van der Waals surface area contributed by atoms with Gasteiger partial charge in [0.05, 0.1) is 0 Å². The second kappa shape index (κ2) is 4.78. The Morgan fingerprint density at radius 1 is 1.47 bits per heavy atom. The van der Waals surface area contributed by atoms with Crippen LogP contribution in [0, 0.1) is 12.8 Å². The molecule has 1 aromatic rings. The molecule has 0 aliphatic heterocycles. The molecular formula is C14H20N2O. The van der Waals surface area contributed by atoms with Crippen molar-refractivity contribution in [3.63, 3.8) is 0 Å². The minimum Gasteiger partial charge on any atom is -0.398 e. The van der Waals surface area contributed by atoms with Gasteiger partial charge in [0.25, 0.3) is 5.91 Å². The molecule has 3 N–H and O–H groups in total. The maximum absolute atomic E-state index is 12.1. The van der Waals surface area contributed by atoms with Crippen molar-refractivity contribution in [1.82, 2.24) is 5.32 Å².